The van der Waals surface area contributed by atoms with E-state index in [2.05, 4.69) is 53.1 Å². The standard InChI is InChI=1S/C21H35ClFN5/c1-6-27-9-11-28(12-10-27)16(2)14-25-20(24-5)26-15-21(3,4)18-8-7-17(23)13-19(18)22/h7-8,13,16H,6,9-12,14-15H2,1-5H3,(H2,24,25,26). The van der Waals surface area contributed by atoms with Crippen LogP contribution in [0.1, 0.15) is 33.3 Å². The molecule has 28 heavy (non-hydrogen) atoms. The van der Waals surface area contributed by atoms with Crippen molar-refractivity contribution >= 4 is 17.6 Å². The van der Waals surface area contributed by atoms with Crippen molar-refractivity contribution in [2.75, 3.05) is 52.9 Å². The molecule has 0 radical (unpaired) electrons. The van der Waals surface area contributed by atoms with Crippen molar-refractivity contribution in [1.29, 1.82) is 0 Å². The van der Waals surface area contributed by atoms with Gasteiger partial charge in [-0.05, 0) is 31.2 Å². The molecule has 1 saturated heterocycles. The van der Waals surface area contributed by atoms with Crippen LogP contribution in [-0.2, 0) is 5.41 Å². The highest BCUT2D eigenvalue weighted by Crippen LogP contribution is 2.29. The average molecular weight is 412 g/mol. The molecular formula is C21H35ClFN5. The highest BCUT2D eigenvalue weighted by Gasteiger charge is 2.24. The van der Waals surface area contributed by atoms with Crippen LogP contribution < -0.4 is 10.6 Å². The fraction of sp³-hybridized carbons (Fsp3) is 0.667. The monoisotopic (exact) mass is 411 g/mol. The van der Waals surface area contributed by atoms with Gasteiger partial charge in [-0.2, -0.15) is 0 Å². The van der Waals surface area contributed by atoms with Crippen LogP contribution in [0.25, 0.3) is 0 Å². The van der Waals surface area contributed by atoms with Gasteiger partial charge in [-0.1, -0.05) is 38.4 Å². The maximum atomic E-state index is 13.3. The van der Waals surface area contributed by atoms with E-state index in [9.17, 15) is 4.39 Å². The lowest BCUT2D eigenvalue weighted by Crippen LogP contribution is -2.53. The zero-order valence-electron chi connectivity index (χ0n) is 17.9. The molecule has 5 nitrogen and oxygen atoms in total. The molecule has 0 aliphatic carbocycles. The number of benzene rings is 1. The molecule has 0 aromatic heterocycles. The second kappa shape index (κ2) is 10.4. The molecule has 0 spiro atoms. The highest BCUT2D eigenvalue weighted by atomic mass is 35.5. The Morgan fingerprint density at radius 2 is 1.93 bits per heavy atom. The maximum Gasteiger partial charge on any atom is 0.191 e. The molecule has 0 saturated carbocycles. The van der Waals surface area contributed by atoms with Crippen LogP contribution in [0.15, 0.2) is 23.2 Å². The molecule has 158 valence electrons. The molecule has 1 atom stereocenters. The summed E-state index contributed by atoms with van der Waals surface area (Å²) in [5, 5.41) is 7.27. The number of aliphatic imine (C=N–C) groups is 1. The lowest BCUT2D eigenvalue weighted by molar-refractivity contribution is 0.107. The van der Waals surface area contributed by atoms with Gasteiger partial charge in [-0.25, -0.2) is 4.39 Å². The Kier molecular flexibility index (Phi) is 8.53. The van der Waals surface area contributed by atoms with Crippen molar-refractivity contribution < 1.29 is 4.39 Å². The number of halogens is 2. The summed E-state index contributed by atoms with van der Waals surface area (Å²) in [7, 11) is 1.78. The Balaban J connectivity index is 1.84. The van der Waals surface area contributed by atoms with Crippen LogP contribution >= 0.6 is 11.6 Å². The first-order chi connectivity index (χ1) is 13.3. The van der Waals surface area contributed by atoms with Crippen molar-refractivity contribution in [2.45, 2.75) is 39.2 Å². The van der Waals surface area contributed by atoms with Gasteiger partial charge in [0, 0.05) is 62.8 Å². The van der Waals surface area contributed by atoms with Gasteiger partial charge in [-0.3, -0.25) is 9.89 Å². The summed E-state index contributed by atoms with van der Waals surface area (Å²) in [6.07, 6.45) is 0. The molecule has 7 heteroatoms. The first-order valence-corrected chi connectivity index (χ1v) is 10.5. The lowest BCUT2D eigenvalue weighted by Gasteiger charge is -2.37. The zero-order chi connectivity index (χ0) is 20.7. The van der Waals surface area contributed by atoms with E-state index in [0.29, 0.717) is 17.6 Å². The Hall–Kier alpha value is -1.37. The minimum Gasteiger partial charge on any atom is -0.356 e. The second-order valence-electron chi connectivity index (χ2n) is 8.13. The summed E-state index contributed by atoms with van der Waals surface area (Å²) in [4.78, 5) is 9.35. The van der Waals surface area contributed by atoms with E-state index < -0.39 is 0 Å². The Bertz CT molecular complexity index is 656. The predicted octanol–water partition coefficient (Wildman–Crippen LogP) is 2.95. The van der Waals surface area contributed by atoms with Crippen LogP contribution in [0.2, 0.25) is 5.02 Å². The second-order valence-corrected chi connectivity index (χ2v) is 8.54. The smallest absolute Gasteiger partial charge is 0.191 e. The fourth-order valence-corrected chi connectivity index (χ4v) is 3.98. The summed E-state index contributed by atoms with van der Waals surface area (Å²) in [5.41, 5.74) is 0.658. The molecule has 0 bridgehead atoms. The SMILES string of the molecule is CCN1CCN(C(C)CNC(=NC)NCC(C)(C)c2ccc(F)cc2Cl)CC1. The molecule has 0 amide bonds. The molecule has 1 aromatic rings. The normalized spacial score (nSPS) is 18.2. The van der Waals surface area contributed by atoms with Crippen LogP contribution in [0.5, 0.6) is 0 Å². The van der Waals surface area contributed by atoms with Crippen molar-refractivity contribution in [2.24, 2.45) is 4.99 Å². The molecular weight excluding hydrogens is 377 g/mol. The van der Waals surface area contributed by atoms with Gasteiger partial charge in [0.15, 0.2) is 5.96 Å². The van der Waals surface area contributed by atoms with Crippen LogP contribution in [-0.4, -0.2) is 74.7 Å². The zero-order valence-corrected chi connectivity index (χ0v) is 18.6. The fourth-order valence-electron chi connectivity index (χ4n) is 3.55. The lowest BCUT2D eigenvalue weighted by atomic mass is 9.84. The van der Waals surface area contributed by atoms with E-state index in [-0.39, 0.29) is 11.2 Å². The predicted molar refractivity (Wildman–Crippen MR) is 117 cm³/mol. The van der Waals surface area contributed by atoms with E-state index in [1.54, 1.807) is 13.1 Å². The van der Waals surface area contributed by atoms with E-state index >= 15 is 0 Å². The van der Waals surface area contributed by atoms with E-state index in [0.717, 1.165) is 50.8 Å². The highest BCUT2D eigenvalue weighted by molar-refractivity contribution is 6.31. The van der Waals surface area contributed by atoms with Crippen molar-refractivity contribution in [1.82, 2.24) is 20.4 Å². The van der Waals surface area contributed by atoms with E-state index in [1.807, 2.05) is 0 Å². The summed E-state index contributed by atoms with van der Waals surface area (Å²) >= 11 is 6.25. The molecule has 2 rings (SSSR count). The third-order valence-corrected chi connectivity index (χ3v) is 5.94. The topological polar surface area (TPSA) is 42.9 Å². The number of nitrogens with one attached hydrogen (secondary N) is 2. The third-order valence-electron chi connectivity index (χ3n) is 5.62. The van der Waals surface area contributed by atoms with E-state index in [4.69, 9.17) is 11.6 Å². The van der Waals surface area contributed by atoms with Gasteiger partial charge < -0.3 is 15.5 Å². The summed E-state index contributed by atoms with van der Waals surface area (Å²) in [5.74, 6) is 0.453. The molecule has 1 aromatic carbocycles. The summed E-state index contributed by atoms with van der Waals surface area (Å²) in [6.45, 7) is 15.7. The Morgan fingerprint density at radius 1 is 1.25 bits per heavy atom. The van der Waals surface area contributed by atoms with Gasteiger partial charge in [0.2, 0.25) is 0 Å². The van der Waals surface area contributed by atoms with Gasteiger partial charge in [-0.15, -0.1) is 0 Å². The number of piperazine rings is 1. The Labute approximate surface area is 174 Å². The van der Waals surface area contributed by atoms with Gasteiger partial charge >= 0.3 is 0 Å². The van der Waals surface area contributed by atoms with Crippen molar-refractivity contribution in [3.8, 4) is 0 Å². The van der Waals surface area contributed by atoms with Crippen LogP contribution in [0.4, 0.5) is 4.39 Å². The minimum absolute atomic E-state index is 0.259. The van der Waals surface area contributed by atoms with Gasteiger partial charge in [0.1, 0.15) is 5.82 Å². The van der Waals surface area contributed by atoms with Crippen molar-refractivity contribution in [3.63, 3.8) is 0 Å². The summed E-state index contributed by atoms with van der Waals surface area (Å²) in [6, 6.07) is 5.02. The molecule has 1 unspecified atom stereocenters. The summed E-state index contributed by atoms with van der Waals surface area (Å²) < 4.78 is 13.3. The largest absolute Gasteiger partial charge is 0.356 e. The quantitative estimate of drug-likeness (QED) is 0.534. The first kappa shape index (κ1) is 22.9. The maximum absolute atomic E-state index is 13.3. The Morgan fingerprint density at radius 3 is 2.50 bits per heavy atom. The number of hydrogen-bond acceptors (Lipinski definition) is 3. The molecule has 1 heterocycles. The van der Waals surface area contributed by atoms with E-state index in [1.165, 1.54) is 12.1 Å². The van der Waals surface area contributed by atoms with Crippen LogP contribution in [0, 0.1) is 5.82 Å². The third kappa shape index (κ3) is 6.33. The molecule has 1 fully saturated rings. The number of rotatable bonds is 7. The molecule has 1 aliphatic heterocycles. The number of nitrogens with zero attached hydrogens (tertiary/aromatic N) is 3. The molecule has 1 aliphatic rings. The first-order valence-electron chi connectivity index (χ1n) is 10.1. The average Bonchev–Trinajstić information content (AvgIpc) is 2.67. The van der Waals surface area contributed by atoms with Gasteiger partial charge in [0.25, 0.3) is 0 Å². The van der Waals surface area contributed by atoms with Crippen LogP contribution in [0.3, 0.4) is 0 Å². The number of guanidine groups is 1. The van der Waals surface area contributed by atoms with Gasteiger partial charge in [0.05, 0.1) is 0 Å². The minimum atomic E-state index is -0.316. The number of likely N-dealkylation sites (N-methyl/N-ethyl adjacent to an activating group) is 1. The molecule has 2 N–H and O–H groups in total. The number of hydrogen-bond donors (Lipinski definition) is 2. The van der Waals surface area contributed by atoms with Crippen molar-refractivity contribution in [3.05, 3.63) is 34.6 Å².